The third kappa shape index (κ3) is 6.65. The monoisotopic (exact) mass is 420 g/mol. The van der Waals surface area contributed by atoms with Gasteiger partial charge in [-0.1, -0.05) is 18.6 Å². The van der Waals surface area contributed by atoms with Crippen molar-refractivity contribution in [3.63, 3.8) is 0 Å². The van der Waals surface area contributed by atoms with Crippen LogP contribution in [-0.4, -0.2) is 25.2 Å². The summed E-state index contributed by atoms with van der Waals surface area (Å²) in [6, 6.07) is 10.3. The summed E-state index contributed by atoms with van der Waals surface area (Å²) in [4.78, 5) is 16.3. The number of allylic oxidation sites excluding steroid dienone is 1. The molecule has 0 heterocycles. The number of ether oxygens (including phenoxy) is 2. The van der Waals surface area contributed by atoms with Crippen LogP contribution in [0, 0.1) is 0 Å². The van der Waals surface area contributed by atoms with E-state index in [1.807, 2.05) is 20.0 Å². The number of halogens is 3. The van der Waals surface area contributed by atoms with E-state index in [2.05, 4.69) is 15.0 Å². The highest BCUT2D eigenvalue weighted by molar-refractivity contribution is 6.06. The molecule has 0 saturated heterocycles. The number of benzene rings is 2. The number of hydrogen-bond acceptors (Lipinski definition) is 5. The lowest BCUT2D eigenvalue weighted by Crippen LogP contribution is -2.16. The van der Waals surface area contributed by atoms with Gasteiger partial charge in [-0.05, 0) is 62.9 Å². The summed E-state index contributed by atoms with van der Waals surface area (Å²) in [7, 11) is 1.31. The van der Waals surface area contributed by atoms with Crippen LogP contribution in [-0.2, 0) is 4.74 Å². The molecule has 0 bridgehead atoms. The number of esters is 1. The van der Waals surface area contributed by atoms with Crippen molar-refractivity contribution in [2.45, 2.75) is 33.6 Å². The van der Waals surface area contributed by atoms with Crippen LogP contribution in [0.25, 0.3) is 0 Å². The Morgan fingerprint density at radius 2 is 1.80 bits per heavy atom. The Kier molecular flexibility index (Phi) is 7.63. The van der Waals surface area contributed by atoms with Crippen molar-refractivity contribution in [2.24, 2.45) is 4.99 Å². The fraction of sp³-hybridized carbons (Fsp3) is 0.273. The average Bonchev–Trinajstić information content (AvgIpc) is 2.71. The van der Waals surface area contributed by atoms with E-state index >= 15 is 0 Å². The Morgan fingerprint density at radius 1 is 1.13 bits per heavy atom. The van der Waals surface area contributed by atoms with Gasteiger partial charge in [-0.25, -0.2) is 4.79 Å². The summed E-state index contributed by atoms with van der Waals surface area (Å²) in [5, 5.41) is 3.19. The van der Waals surface area contributed by atoms with E-state index in [-0.39, 0.29) is 5.75 Å². The zero-order valence-electron chi connectivity index (χ0n) is 17.1. The van der Waals surface area contributed by atoms with Gasteiger partial charge < -0.3 is 14.8 Å². The number of nitrogens with zero attached hydrogens (tertiary/aromatic N) is 1. The highest BCUT2D eigenvalue weighted by Crippen LogP contribution is 2.26. The van der Waals surface area contributed by atoms with Gasteiger partial charge in [0.05, 0.1) is 18.4 Å². The molecule has 2 aromatic rings. The molecule has 0 aromatic heterocycles. The Balaban J connectivity index is 2.36. The van der Waals surface area contributed by atoms with Crippen molar-refractivity contribution < 1.29 is 27.4 Å². The molecule has 0 amide bonds. The number of carbonyl (C=O) groups excluding carboxylic acids is 1. The Bertz CT molecular complexity index is 949. The second kappa shape index (κ2) is 9.96. The van der Waals surface area contributed by atoms with Gasteiger partial charge in [0.15, 0.2) is 0 Å². The van der Waals surface area contributed by atoms with Gasteiger partial charge in [-0.2, -0.15) is 0 Å². The maximum Gasteiger partial charge on any atom is 0.573 e. The van der Waals surface area contributed by atoms with Gasteiger partial charge in [-0.3, -0.25) is 4.99 Å². The van der Waals surface area contributed by atoms with Crippen LogP contribution < -0.4 is 10.1 Å². The molecule has 0 aliphatic rings. The molecule has 1 N–H and O–H groups in total. The quantitative estimate of drug-likeness (QED) is 0.426. The third-order valence-corrected chi connectivity index (χ3v) is 4.23. The number of alkyl halides is 3. The molecule has 8 heteroatoms. The highest BCUT2D eigenvalue weighted by Gasteiger charge is 2.30. The maximum absolute atomic E-state index is 12.3. The van der Waals surface area contributed by atoms with Crippen LogP contribution in [0.5, 0.6) is 5.75 Å². The van der Waals surface area contributed by atoms with E-state index in [1.54, 1.807) is 25.1 Å². The van der Waals surface area contributed by atoms with Crippen molar-refractivity contribution in [1.29, 1.82) is 0 Å². The van der Waals surface area contributed by atoms with Crippen LogP contribution >= 0.6 is 0 Å². The first-order chi connectivity index (χ1) is 14.1. The van der Waals surface area contributed by atoms with E-state index in [4.69, 9.17) is 4.74 Å². The van der Waals surface area contributed by atoms with Gasteiger partial charge >= 0.3 is 12.3 Å². The van der Waals surface area contributed by atoms with Gasteiger partial charge in [0, 0.05) is 17.0 Å². The van der Waals surface area contributed by atoms with Crippen molar-refractivity contribution in [1.82, 2.24) is 0 Å². The molecule has 0 unspecified atom stereocenters. The molecule has 2 aromatic carbocycles. The zero-order valence-corrected chi connectivity index (χ0v) is 17.1. The molecular weight excluding hydrogens is 397 g/mol. The van der Waals surface area contributed by atoms with Crippen LogP contribution in [0.4, 0.5) is 24.5 Å². The lowest BCUT2D eigenvalue weighted by Gasteiger charge is -2.12. The van der Waals surface area contributed by atoms with Crippen molar-refractivity contribution >= 4 is 23.1 Å². The Hall–Kier alpha value is -3.29. The zero-order chi connectivity index (χ0) is 22.3. The largest absolute Gasteiger partial charge is 0.573 e. The fourth-order valence-corrected chi connectivity index (χ4v) is 2.50. The van der Waals surface area contributed by atoms with E-state index in [1.165, 1.54) is 31.4 Å². The molecule has 160 valence electrons. The summed E-state index contributed by atoms with van der Waals surface area (Å²) in [6.45, 7) is 5.77. The first kappa shape index (κ1) is 23.0. The van der Waals surface area contributed by atoms with Gasteiger partial charge in [0.1, 0.15) is 5.75 Å². The van der Waals surface area contributed by atoms with E-state index in [0.29, 0.717) is 22.6 Å². The lowest BCUT2D eigenvalue weighted by atomic mass is 10.0. The van der Waals surface area contributed by atoms with E-state index in [9.17, 15) is 18.0 Å². The first-order valence-corrected chi connectivity index (χ1v) is 9.19. The smallest absolute Gasteiger partial charge is 0.465 e. The lowest BCUT2D eigenvalue weighted by molar-refractivity contribution is -0.274. The maximum atomic E-state index is 12.3. The average molecular weight is 420 g/mol. The normalized spacial score (nSPS) is 12.5. The fourth-order valence-electron chi connectivity index (χ4n) is 2.50. The van der Waals surface area contributed by atoms with Crippen molar-refractivity contribution in [3.05, 3.63) is 65.4 Å². The molecule has 0 spiro atoms. The molecule has 0 atom stereocenters. The number of hydrogen-bond donors (Lipinski definition) is 1. The van der Waals surface area contributed by atoms with E-state index < -0.39 is 12.3 Å². The second-order valence-electron chi connectivity index (χ2n) is 6.48. The SMILES string of the molecule is CC/C(C)=C/Nc1cc(C(=O)OC)ccc1C(C)=Nc1ccc(OC(F)(F)F)cc1. The molecular formula is C22H23F3N2O3. The molecule has 0 saturated carbocycles. The third-order valence-electron chi connectivity index (χ3n) is 4.23. The van der Waals surface area contributed by atoms with Crippen LogP contribution in [0.2, 0.25) is 0 Å². The molecule has 0 radical (unpaired) electrons. The molecule has 0 aliphatic carbocycles. The van der Waals surface area contributed by atoms with Gasteiger partial charge in [-0.15, -0.1) is 13.2 Å². The topological polar surface area (TPSA) is 59.9 Å². The predicted molar refractivity (Wildman–Crippen MR) is 110 cm³/mol. The van der Waals surface area contributed by atoms with Crippen LogP contribution in [0.1, 0.15) is 43.1 Å². The van der Waals surface area contributed by atoms with Crippen LogP contribution in [0.3, 0.4) is 0 Å². The number of rotatable bonds is 7. The number of nitrogens with one attached hydrogen (secondary N) is 1. The minimum Gasteiger partial charge on any atom is -0.465 e. The minimum absolute atomic E-state index is 0.316. The van der Waals surface area contributed by atoms with E-state index in [0.717, 1.165) is 17.6 Å². The van der Waals surface area contributed by atoms with Crippen molar-refractivity contribution in [2.75, 3.05) is 12.4 Å². The minimum atomic E-state index is -4.74. The molecule has 30 heavy (non-hydrogen) atoms. The molecule has 2 rings (SSSR count). The summed E-state index contributed by atoms with van der Waals surface area (Å²) < 4.78 is 45.5. The van der Waals surface area contributed by atoms with Gasteiger partial charge in [0.25, 0.3) is 0 Å². The van der Waals surface area contributed by atoms with Gasteiger partial charge in [0.2, 0.25) is 0 Å². The number of methoxy groups -OCH3 is 1. The Morgan fingerprint density at radius 3 is 2.37 bits per heavy atom. The predicted octanol–water partition coefficient (Wildman–Crippen LogP) is 6.24. The Labute approximate surface area is 173 Å². The molecule has 5 nitrogen and oxygen atoms in total. The molecule has 0 aliphatic heterocycles. The summed E-state index contributed by atoms with van der Waals surface area (Å²) in [5.74, 6) is -0.778. The first-order valence-electron chi connectivity index (χ1n) is 9.19. The summed E-state index contributed by atoms with van der Waals surface area (Å²) >= 11 is 0. The highest BCUT2D eigenvalue weighted by atomic mass is 19.4. The summed E-state index contributed by atoms with van der Waals surface area (Å²) in [6.07, 6.45) is -2.04. The van der Waals surface area contributed by atoms with Crippen LogP contribution in [0.15, 0.2) is 59.2 Å². The second-order valence-corrected chi connectivity index (χ2v) is 6.48. The standard InChI is InChI=1S/C22H23F3N2O3/c1-5-14(2)13-26-20-12-16(21(28)29-4)6-11-19(20)15(3)27-17-7-9-18(10-8-17)30-22(23,24)25/h6-13,26H,5H2,1-4H3/b14-13+,27-15?. The molecule has 0 fully saturated rings. The number of anilines is 1. The number of carbonyl (C=O) groups is 1. The van der Waals surface area contributed by atoms with Crippen molar-refractivity contribution in [3.8, 4) is 5.75 Å². The number of aliphatic imine (C=N–C) groups is 1. The summed E-state index contributed by atoms with van der Waals surface area (Å²) in [5.41, 5.74) is 3.96.